The van der Waals surface area contributed by atoms with Gasteiger partial charge in [-0.3, -0.25) is 4.99 Å². The Kier molecular flexibility index (Phi) is 4.88. The van der Waals surface area contributed by atoms with E-state index in [4.69, 9.17) is 11.5 Å². The molecule has 0 saturated heterocycles. The van der Waals surface area contributed by atoms with Gasteiger partial charge in [0.1, 0.15) is 0 Å². The maximum Gasteiger partial charge on any atom is 0.0848 e. The van der Waals surface area contributed by atoms with Crippen molar-refractivity contribution in [3.8, 4) is 0 Å². The summed E-state index contributed by atoms with van der Waals surface area (Å²) in [6.45, 7) is 3.42. The van der Waals surface area contributed by atoms with Crippen molar-refractivity contribution in [2.45, 2.75) is 13.1 Å². The molecular weight excluding hydrogens is 128 g/mol. The Balaban J connectivity index is 3.42. The summed E-state index contributed by atoms with van der Waals surface area (Å²) < 4.78 is 0. The van der Waals surface area contributed by atoms with Gasteiger partial charge in [0, 0.05) is 20.1 Å². The van der Waals surface area contributed by atoms with Gasteiger partial charge in [-0.1, -0.05) is 0 Å². The molecule has 0 aromatic rings. The molecule has 0 aliphatic rings. The lowest BCUT2D eigenvalue weighted by Gasteiger charge is -2.14. The zero-order chi connectivity index (χ0) is 7.98. The topological polar surface area (TPSA) is 67.6 Å². The van der Waals surface area contributed by atoms with Crippen LogP contribution in [0, 0.1) is 0 Å². The van der Waals surface area contributed by atoms with Crippen molar-refractivity contribution in [1.82, 2.24) is 4.90 Å². The Morgan fingerprint density at radius 2 is 2.20 bits per heavy atom. The second-order valence-electron chi connectivity index (χ2n) is 2.22. The summed E-state index contributed by atoms with van der Waals surface area (Å²) in [7, 11) is 1.89. The summed E-state index contributed by atoms with van der Waals surface area (Å²) in [5.41, 5.74) is 10.7. The van der Waals surface area contributed by atoms with Crippen LogP contribution in [0.1, 0.15) is 6.92 Å². The first-order valence-corrected chi connectivity index (χ1v) is 3.38. The van der Waals surface area contributed by atoms with Crippen LogP contribution in [0.25, 0.3) is 0 Å². The molecule has 0 aromatic carbocycles. The van der Waals surface area contributed by atoms with Crippen LogP contribution in [0.3, 0.4) is 0 Å². The second-order valence-corrected chi connectivity index (χ2v) is 2.22. The number of nitrogens with two attached hydrogens (primary N) is 2. The highest BCUT2D eigenvalue weighted by Crippen LogP contribution is 1.76. The van der Waals surface area contributed by atoms with E-state index in [1.165, 1.54) is 0 Å². The maximum absolute atomic E-state index is 5.34. The Bertz CT molecular complexity index is 99.9. The molecule has 0 aromatic heterocycles. The third-order valence-corrected chi connectivity index (χ3v) is 0.960. The van der Waals surface area contributed by atoms with Crippen molar-refractivity contribution in [2.24, 2.45) is 16.5 Å². The minimum Gasteiger partial charge on any atom is -0.363 e. The molecule has 0 amide bonds. The van der Waals surface area contributed by atoms with E-state index in [9.17, 15) is 0 Å². The van der Waals surface area contributed by atoms with Crippen LogP contribution in [0.15, 0.2) is 4.99 Å². The van der Waals surface area contributed by atoms with Crippen molar-refractivity contribution in [3.05, 3.63) is 0 Å². The molecule has 0 aliphatic carbocycles. The Hall–Kier alpha value is -0.610. The molecule has 0 atom stereocenters. The number of hydrogen-bond acceptors (Lipinski definition) is 3. The number of likely N-dealkylation sites (N-methyl/N-ethyl adjacent to an activating group) is 1. The van der Waals surface area contributed by atoms with Crippen molar-refractivity contribution in [1.29, 1.82) is 0 Å². The monoisotopic (exact) mass is 144 g/mol. The average Bonchev–Trinajstić information content (AvgIpc) is 1.82. The molecule has 0 unspecified atom stereocenters. The van der Waals surface area contributed by atoms with Crippen molar-refractivity contribution in [2.75, 3.05) is 20.1 Å². The predicted molar refractivity (Wildman–Crippen MR) is 43.8 cm³/mol. The normalized spacial score (nSPS) is 11.3. The van der Waals surface area contributed by atoms with Gasteiger partial charge in [-0.05, 0) is 6.92 Å². The fourth-order valence-corrected chi connectivity index (χ4v) is 0.601. The number of rotatable bonds is 4. The Labute approximate surface area is 61.9 Å². The van der Waals surface area contributed by atoms with Gasteiger partial charge in [-0.25, -0.2) is 0 Å². The highest BCUT2D eigenvalue weighted by molar-refractivity contribution is 5.54. The fraction of sp³-hybridized carbons (Fsp3) is 0.833. The first-order valence-electron chi connectivity index (χ1n) is 3.38. The number of hydrogen-bond donors (Lipinski definition) is 2. The van der Waals surface area contributed by atoms with Crippen LogP contribution in [-0.4, -0.2) is 37.5 Å². The quantitative estimate of drug-likeness (QED) is 0.309. The third kappa shape index (κ3) is 5.53. The molecule has 10 heavy (non-hydrogen) atoms. The summed E-state index contributed by atoms with van der Waals surface area (Å²) in [5, 5.41) is 0. The van der Waals surface area contributed by atoms with Crippen LogP contribution in [-0.2, 0) is 0 Å². The lowest BCUT2D eigenvalue weighted by atomic mass is 10.5. The molecule has 4 nitrogen and oxygen atoms in total. The fourth-order valence-electron chi connectivity index (χ4n) is 0.601. The molecule has 0 rings (SSSR count). The first-order chi connectivity index (χ1) is 4.66. The summed E-state index contributed by atoms with van der Waals surface area (Å²) in [6, 6.07) is 0. The smallest absolute Gasteiger partial charge is 0.0848 e. The van der Waals surface area contributed by atoms with Gasteiger partial charge < -0.3 is 16.4 Å². The molecule has 0 radical (unpaired) electrons. The summed E-state index contributed by atoms with van der Waals surface area (Å²) in [6.07, 6.45) is 1.46. The minimum atomic E-state index is -0.284. The van der Waals surface area contributed by atoms with E-state index in [1.807, 2.05) is 18.9 Å². The first kappa shape index (κ1) is 9.39. The molecular formula is C6H16N4. The maximum atomic E-state index is 5.34. The second kappa shape index (κ2) is 5.20. The van der Waals surface area contributed by atoms with Gasteiger partial charge >= 0.3 is 0 Å². The van der Waals surface area contributed by atoms with Gasteiger partial charge in [0.05, 0.1) is 12.5 Å². The molecule has 0 saturated carbocycles. The molecule has 0 bridgehead atoms. The lowest BCUT2D eigenvalue weighted by Crippen LogP contribution is -2.41. The van der Waals surface area contributed by atoms with E-state index in [0.29, 0.717) is 6.54 Å². The van der Waals surface area contributed by atoms with Gasteiger partial charge in [0.2, 0.25) is 0 Å². The van der Waals surface area contributed by atoms with E-state index in [-0.39, 0.29) is 6.17 Å². The molecule has 4 heteroatoms. The van der Waals surface area contributed by atoms with Crippen LogP contribution in [0.4, 0.5) is 0 Å². The Morgan fingerprint density at radius 3 is 2.60 bits per heavy atom. The van der Waals surface area contributed by atoms with E-state index in [2.05, 4.69) is 4.99 Å². The largest absolute Gasteiger partial charge is 0.363 e. The third-order valence-electron chi connectivity index (χ3n) is 0.960. The highest BCUT2D eigenvalue weighted by Gasteiger charge is 1.95. The number of aliphatic imine (C=N–C) groups is 1. The molecule has 0 fully saturated rings. The van der Waals surface area contributed by atoms with E-state index in [0.717, 1.165) is 6.54 Å². The molecule has 0 heterocycles. The predicted octanol–water partition coefficient (Wildman–Crippen LogP) is -0.790. The van der Waals surface area contributed by atoms with E-state index in [1.54, 1.807) is 6.34 Å². The minimum absolute atomic E-state index is 0.284. The SMILES string of the molecule is CCN=CN(C)CC(N)N. The standard InChI is InChI=1S/C6H16N4/c1-3-9-5-10(2)4-6(7)8/h5-6H,3-4,7-8H2,1-2H3. The van der Waals surface area contributed by atoms with Crippen molar-refractivity contribution >= 4 is 6.34 Å². The summed E-state index contributed by atoms with van der Waals surface area (Å²) in [4.78, 5) is 5.88. The van der Waals surface area contributed by atoms with Crippen molar-refractivity contribution < 1.29 is 0 Å². The molecule has 4 N–H and O–H groups in total. The molecule has 60 valence electrons. The molecule has 0 spiro atoms. The van der Waals surface area contributed by atoms with Gasteiger partial charge in [-0.15, -0.1) is 0 Å². The van der Waals surface area contributed by atoms with E-state index >= 15 is 0 Å². The van der Waals surface area contributed by atoms with Crippen LogP contribution in [0.5, 0.6) is 0 Å². The van der Waals surface area contributed by atoms with Gasteiger partial charge in [0.25, 0.3) is 0 Å². The molecule has 0 aliphatic heterocycles. The lowest BCUT2D eigenvalue weighted by molar-refractivity contribution is 0.464. The zero-order valence-electron chi connectivity index (χ0n) is 6.62. The van der Waals surface area contributed by atoms with Gasteiger partial charge in [-0.2, -0.15) is 0 Å². The van der Waals surface area contributed by atoms with Gasteiger partial charge in [0.15, 0.2) is 0 Å². The number of nitrogens with zero attached hydrogens (tertiary/aromatic N) is 2. The van der Waals surface area contributed by atoms with E-state index < -0.39 is 0 Å². The average molecular weight is 144 g/mol. The van der Waals surface area contributed by atoms with Crippen molar-refractivity contribution in [3.63, 3.8) is 0 Å². The summed E-state index contributed by atoms with van der Waals surface area (Å²) in [5.74, 6) is 0. The Morgan fingerprint density at radius 1 is 1.60 bits per heavy atom. The van der Waals surface area contributed by atoms with Crippen LogP contribution < -0.4 is 11.5 Å². The van der Waals surface area contributed by atoms with Crippen LogP contribution in [0.2, 0.25) is 0 Å². The summed E-state index contributed by atoms with van der Waals surface area (Å²) >= 11 is 0. The van der Waals surface area contributed by atoms with Crippen LogP contribution >= 0.6 is 0 Å². The zero-order valence-corrected chi connectivity index (χ0v) is 6.62. The highest BCUT2D eigenvalue weighted by atomic mass is 15.1.